The van der Waals surface area contributed by atoms with Crippen molar-refractivity contribution in [1.82, 2.24) is 4.98 Å². The molecular weight excluding hydrogens is 267 g/mol. The fourth-order valence-electron chi connectivity index (χ4n) is 0.691. The number of oxazole rings is 1. The normalized spacial score (nSPS) is 11.2. The molecule has 12 heavy (non-hydrogen) atoms. The van der Waals surface area contributed by atoms with Gasteiger partial charge in [0.05, 0.1) is 0 Å². The number of nitriles is 1. The Balaban J connectivity index is 3.16. The van der Waals surface area contributed by atoms with Gasteiger partial charge < -0.3 is 4.42 Å². The van der Waals surface area contributed by atoms with Crippen LogP contribution < -0.4 is 0 Å². The second-order valence-corrected chi connectivity index (χ2v) is 4.48. The van der Waals surface area contributed by atoms with E-state index in [1.165, 1.54) is 0 Å². The maximum absolute atomic E-state index is 8.62. The van der Waals surface area contributed by atoms with E-state index >= 15 is 0 Å². The lowest BCUT2D eigenvalue weighted by molar-refractivity contribution is 0.380. The summed E-state index contributed by atoms with van der Waals surface area (Å²) >= 11 is 1.97. The predicted octanol–water partition coefficient (Wildman–Crippen LogP) is 2.45. The first-order valence-corrected chi connectivity index (χ1v) is 4.60. The highest BCUT2D eigenvalue weighted by atomic mass is 127. The maximum atomic E-state index is 8.62. The minimum atomic E-state index is -0.130. The molecule has 3 nitrogen and oxygen atoms in total. The summed E-state index contributed by atoms with van der Waals surface area (Å²) in [6, 6.07) is 1.98. The summed E-state index contributed by atoms with van der Waals surface area (Å²) in [5.74, 6) is 0.614. The quantitative estimate of drug-likeness (QED) is 0.684. The number of hydrogen-bond donors (Lipinski definition) is 0. The van der Waals surface area contributed by atoms with Gasteiger partial charge in [-0.15, -0.1) is 0 Å². The molecule has 0 spiro atoms. The molecule has 0 saturated heterocycles. The van der Waals surface area contributed by atoms with Gasteiger partial charge in [0.15, 0.2) is 5.69 Å². The van der Waals surface area contributed by atoms with Gasteiger partial charge in [-0.2, -0.15) is 5.26 Å². The lowest BCUT2D eigenvalue weighted by Gasteiger charge is -2.11. The monoisotopic (exact) mass is 276 g/mol. The summed E-state index contributed by atoms with van der Waals surface area (Å²) < 4.78 is 5.89. The average Bonchev–Trinajstić information content (AvgIpc) is 2.29. The minimum absolute atomic E-state index is 0.130. The molecule has 0 saturated carbocycles. The molecule has 0 unspecified atom stereocenters. The van der Waals surface area contributed by atoms with E-state index in [9.17, 15) is 0 Å². The third kappa shape index (κ3) is 1.78. The first-order chi connectivity index (χ1) is 5.45. The molecule has 64 valence electrons. The van der Waals surface area contributed by atoms with Crippen LogP contribution in [0, 0.1) is 15.1 Å². The topological polar surface area (TPSA) is 49.8 Å². The second kappa shape index (κ2) is 3.05. The van der Waals surface area contributed by atoms with Gasteiger partial charge >= 0.3 is 0 Å². The van der Waals surface area contributed by atoms with Gasteiger partial charge in [0.2, 0.25) is 9.66 Å². The van der Waals surface area contributed by atoms with Gasteiger partial charge in [-0.3, -0.25) is 0 Å². The van der Waals surface area contributed by atoms with Gasteiger partial charge in [-0.1, -0.05) is 20.8 Å². The molecule has 0 atom stereocenters. The van der Waals surface area contributed by atoms with Gasteiger partial charge in [0.25, 0.3) is 0 Å². The summed E-state index contributed by atoms with van der Waals surface area (Å²) in [5, 5.41) is 8.62. The number of halogens is 1. The largest absolute Gasteiger partial charge is 0.433 e. The van der Waals surface area contributed by atoms with Crippen molar-refractivity contribution < 1.29 is 4.42 Å². The first kappa shape index (κ1) is 9.52. The van der Waals surface area contributed by atoms with Crippen LogP contribution in [0.2, 0.25) is 0 Å². The van der Waals surface area contributed by atoms with Crippen LogP contribution in [0.4, 0.5) is 0 Å². The van der Waals surface area contributed by atoms with Crippen LogP contribution in [0.25, 0.3) is 0 Å². The minimum Gasteiger partial charge on any atom is -0.433 e. The predicted molar refractivity (Wildman–Crippen MR) is 52.6 cm³/mol. The number of nitrogens with zero attached hydrogens (tertiary/aromatic N) is 2. The molecule has 1 aromatic rings. The smallest absolute Gasteiger partial charge is 0.202 e. The molecular formula is C8H9IN2O. The third-order valence-electron chi connectivity index (χ3n) is 1.33. The van der Waals surface area contributed by atoms with Crippen molar-refractivity contribution in [3.8, 4) is 6.07 Å². The van der Waals surface area contributed by atoms with E-state index in [4.69, 9.17) is 9.68 Å². The van der Waals surface area contributed by atoms with Crippen molar-refractivity contribution in [3.05, 3.63) is 15.4 Å². The van der Waals surface area contributed by atoms with Gasteiger partial charge in [0.1, 0.15) is 6.07 Å². The average molecular weight is 276 g/mol. The summed E-state index contributed by atoms with van der Waals surface area (Å²) in [5.41, 5.74) is 0.246. The fourth-order valence-corrected chi connectivity index (χ4v) is 1.14. The third-order valence-corrected chi connectivity index (χ3v) is 2.06. The summed E-state index contributed by atoms with van der Waals surface area (Å²) in [6.07, 6.45) is 0. The van der Waals surface area contributed by atoms with Gasteiger partial charge in [-0.05, 0) is 0 Å². The van der Waals surface area contributed by atoms with Crippen molar-refractivity contribution in [3.63, 3.8) is 0 Å². The molecule has 4 heteroatoms. The maximum Gasteiger partial charge on any atom is 0.202 e. The molecule has 0 aliphatic heterocycles. The van der Waals surface area contributed by atoms with Gasteiger partial charge in [-0.25, -0.2) is 4.98 Å². The molecule has 1 heterocycles. The van der Waals surface area contributed by atoms with Crippen LogP contribution in [0.1, 0.15) is 32.4 Å². The molecule has 1 aromatic heterocycles. The highest BCUT2D eigenvalue weighted by Gasteiger charge is 2.22. The Hall–Kier alpha value is -0.570. The van der Waals surface area contributed by atoms with Crippen molar-refractivity contribution in [2.24, 2.45) is 0 Å². The number of hydrogen-bond acceptors (Lipinski definition) is 3. The molecule has 0 amide bonds. The lowest BCUT2D eigenvalue weighted by atomic mass is 9.97. The molecule has 1 rings (SSSR count). The number of aromatic nitrogens is 1. The zero-order chi connectivity index (χ0) is 9.35. The second-order valence-electron chi connectivity index (χ2n) is 3.50. The zero-order valence-electron chi connectivity index (χ0n) is 7.18. The van der Waals surface area contributed by atoms with Crippen LogP contribution >= 0.6 is 22.6 Å². The Morgan fingerprint density at radius 3 is 2.33 bits per heavy atom. The SMILES string of the molecule is CC(C)(C)c1nc(C#N)c(I)o1. The molecule has 0 bridgehead atoms. The summed E-state index contributed by atoms with van der Waals surface area (Å²) in [4.78, 5) is 4.06. The Bertz CT molecular complexity index is 330. The van der Waals surface area contributed by atoms with Crippen LogP contribution in [0.3, 0.4) is 0 Å². The van der Waals surface area contributed by atoms with E-state index in [0.717, 1.165) is 0 Å². The van der Waals surface area contributed by atoms with E-state index in [2.05, 4.69) is 4.98 Å². The first-order valence-electron chi connectivity index (χ1n) is 3.52. The van der Waals surface area contributed by atoms with Crippen molar-refractivity contribution in [2.45, 2.75) is 26.2 Å². The van der Waals surface area contributed by atoms with E-state index < -0.39 is 0 Å². The molecule has 0 aromatic carbocycles. The van der Waals surface area contributed by atoms with Crippen molar-refractivity contribution in [2.75, 3.05) is 0 Å². The van der Waals surface area contributed by atoms with E-state index in [-0.39, 0.29) is 5.41 Å². The molecule has 0 aliphatic carbocycles. The number of rotatable bonds is 0. The van der Waals surface area contributed by atoms with E-state index in [0.29, 0.717) is 15.4 Å². The Labute approximate surface area is 84.9 Å². The molecule has 0 fully saturated rings. The highest BCUT2D eigenvalue weighted by Crippen LogP contribution is 2.24. The summed E-state index contributed by atoms with van der Waals surface area (Å²) in [7, 11) is 0. The Morgan fingerprint density at radius 1 is 1.50 bits per heavy atom. The van der Waals surface area contributed by atoms with E-state index in [1.54, 1.807) is 0 Å². The van der Waals surface area contributed by atoms with Gasteiger partial charge in [0, 0.05) is 28.0 Å². The van der Waals surface area contributed by atoms with Crippen molar-refractivity contribution in [1.29, 1.82) is 5.26 Å². The molecule has 0 aliphatic rings. The fraction of sp³-hybridized carbons (Fsp3) is 0.500. The highest BCUT2D eigenvalue weighted by molar-refractivity contribution is 14.1. The molecule has 0 radical (unpaired) electrons. The standard InChI is InChI=1S/C8H9IN2O/c1-8(2,3)7-11-5(4-10)6(9)12-7/h1-3H3. The van der Waals surface area contributed by atoms with Crippen molar-refractivity contribution >= 4 is 22.6 Å². The van der Waals surface area contributed by atoms with Crippen LogP contribution in [0.5, 0.6) is 0 Å². The van der Waals surface area contributed by atoms with E-state index in [1.807, 2.05) is 49.4 Å². The zero-order valence-corrected chi connectivity index (χ0v) is 9.34. The molecule has 0 N–H and O–H groups in total. The van der Waals surface area contributed by atoms with Crippen LogP contribution in [-0.4, -0.2) is 4.98 Å². The van der Waals surface area contributed by atoms with Crippen LogP contribution in [0.15, 0.2) is 4.42 Å². The van der Waals surface area contributed by atoms with Crippen LogP contribution in [-0.2, 0) is 5.41 Å². The Kier molecular flexibility index (Phi) is 2.42. The lowest BCUT2D eigenvalue weighted by Crippen LogP contribution is -2.11. The summed E-state index contributed by atoms with van der Waals surface area (Å²) in [6.45, 7) is 5.99. The Morgan fingerprint density at radius 2 is 2.08 bits per heavy atom.